The molecule has 146 valence electrons. The molecule has 3 aliphatic heterocycles. The second kappa shape index (κ2) is 7.22. The van der Waals surface area contributed by atoms with Crippen molar-refractivity contribution < 1.29 is 0 Å². The first kappa shape index (κ1) is 18.1. The Labute approximate surface area is 185 Å². The minimum absolute atomic E-state index is 0.164. The quantitative estimate of drug-likeness (QED) is 0.442. The van der Waals surface area contributed by atoms with Gasteiger partial charge in [0.15, 0.2) is 5.17 Å². The highest BCUT2D eigenvalue weighted by atomic mass is 32.2. The van der Waals surface area contributed by atoms with Crippen molar-refractivity contribution in [2.75, 3.05) is 5.75 Å². The number of amidine groups is 1. The SMILES string of the molecule is Cc1ccc(C2=CSC3=NC4=C(CSc5ccccc54)C(c4ccccc4)N23)cc1. The summed E-state index contributed by atoms with van der Waals surface area (Å²) < 4.78 is 0. The highest BCUT2D eigenvalue weighted by molar-refractivity contribution is 8.16. The number of thioether (sulfide) groups is 2. The molecule has 0 saturated heterocycles. The molecule has 0 saturated carbocycles. The summed E-state index contributed by atoms with van der Waals surface area (Å²) in [6.45, 7) is 2.13. The summed E-state index contributed by atoms with van der Waals surface area (Å²) >= 11 is 3.66. The van der Waals surface area contributed by atoms with Gasteiger partial charge in [0, 0.05) is 21.6 Å². The molecule has 3 heterocycles. The third kappa shape index (κ3) is 2.86. The van der Waals surface area contributed by atoms with Crippen LogP contribution in [0.25, 0.3) is 11.4 Å². The Balaban J connectivity index is 1.53. The average molecular weight is 425 g/mol. The Hall–Kier alpha value is -2.69. The molecule has 3 aromatic rings. The summed E-state index contributed by atoms with van der Waals surface area (Å²) in [5.41, 5.74) is 8.90. The number of rotatable bonds is 2. The standard InChI is InChI=1S/C26H20N2S2/c1-17-11-13-18(14-12-17)22-16-30-26-27-24-20-9-5-6-10-23(20)29-15-21(24)25(28(22)26)19-7-3-2-4-8-19/h2-14,16,25H,15H2,1H3. The van der Waals surface area contributed by atoms with Crippen molar-refractivity contribution in [2.45, 2.75) is 17.9 Å². The second-order valence-corrected chi connectivity index (χ2v) is 9.58. The van der Waals surface area contributed by atoms with Crippen LogP contribution in [0.15, 0.2) is 99.7 Å². The lowest BCUT2D eigenvalue weighted by Crippen LogP contribution is -2.34. The van der Waals surface area contributed by atoms with Gasteiger partial charge >= 0.3 is 0 Å². The molecule has 0 bridgehead atoms. The first-order valence-electron chi connectivity index (χ1n) is 10.1. The molecule has 0 radical (unpaired) electrons. The topological polar surface area (TPSA) is 15.6 Å². The van der Waals surface area contributed by atoms with Gasteiger partial charge in [0.25, 0.3) is 0 Å². The van der Waals surface area contributed by atoms with Crippen LogP contribution in [-0.2, 0) is 0 Å². The summed E-state index contributed by atoms with van der Waals surface area (Å²) in [6, 6.07) is 28.5. The van der Waals surface area contributed by atoms with Gasteiger partial charge in [-0.2, -0.15) is 0 Å². The van der Waals surface area contributed by atoms with Crippen LogP contribution >= 0.6 is 23.5 Å². The first-order chi connectivity index (χ1) is 14.8. The number of hydrogen-bond acceptors (Lipinski definition) is 4. The fraction of sp³-hybridized carbons (Fsp3) is 0.115. The van der Waals surface area contributed by atoms with Crippen LogP contribution in [-0.4, -0.2) is 15.8 Å². The van der Waals surface area contributed by atoms with E-state index in [4.69, 9.17) is 4.99 Å². The number of benzene rings is 3. The molecule has 3 aliphatic rings. The molecule has 1 atom stereocenters. The third-order valence-electron chi connectivity index (χ3n) is 5.83. The van der Waals surface area contributed by atoms with E-state index in [0.717, 1.165) is 16.6 Å². The van der Waals surface area contributed by atoms with E-state index in [-0.39, 0.29) is 6.04 Å². The number of aryl methyl sites for hydroxylation is 1. The zero-order chi connectivity index (χ0) is 20.1. The van der Waals surface area contributed by atoms with E-state index < -0.39 is 0 Å². The maximum Gasteiger partial charge on any atom is 0.174 e. The Kier molecular flexibility index (Phi) is 4.36. The van der Waals surface area contributed by atoms with E-state index in [9.17, 15) is 0 Å². The summed E-state index contributed by atoms with van der Waals surface area (Å²) in [5.74, 6) is 0.963. The van der Waals surface area contributed by atoms with Crippen LogP contribution in [0, 0.1) is 6.92 Å². The lowest BCUT2D eigenvalue weighted by molar-refractivity contribution is 0.490. The third-order valence-corrected chi connectivity index (χ3v) is 7.79. The Morgan fingerprint density at radius 3 is 2.50 bits per heavy atom. The molecule has 0 spiro atoms. The number of fused-ring (bicyclic) bond motifs is 3. The van der Waals surface area contributed by atoms with Gasteiger partial charge in [0.1, 0.15) is 0 Å². The van der Waals surface area contributed by atoms with Crippen LogP contribution < -0.4 is 0 Å². The Morgan fingerprint density at radius 1 is 0.900 bits per heavy atom. The molecular formula is C26H20N2S2. The molecule has 3 aromatic carbocycles. The van der Waals surface area contributed by atoms with Gasteiger partial charge in [-0.15, -0.1) is 11.8 Å². The fourth-order valence-electron chi connectivity index (χ4n) is 4.35. The molecule has 1 unspecified atom stereocenters. The van der Waals surface area contributed by atoms with Gasteiger partial charge in [0.2, 0.25) is 0 Å². The van der Waals surface area contributed by atoms with Gasteiger partial charge in [-0.1, -0.05) is 90.1 Å². The van der Waals surface area contributed by atoms with Crippen molar-refractivity contribution in [1.82, 2.24) is 4.90 Å². The fourth-order valence-corrected chi connectivity index (χ4v) is 6.38. The van der Waals surface area contributed by atoms with Crippen molar-refractivity contribution in [3.63, 3.8) is 0 Å². The molecule has 6 rings (SSSR count). The summed E-state index contributed by atoms with van der Waals surface area (Å²) in [5, 5.41) is 3.33. The molecule has 4 heteroatoms. The molecule has 2 nitrogen and oxygen atoms in total. The van der Waals surface area contributed by atoms with Crippen LogP contribution in [0.4, 0.5) is 0 Å². The maximum absolute atomic E-state index is 5.20. The maximum atomic E-state index is 5.20. The Morgan fingerprint density at radius 2 is 1.67 bits per heavy atom. The molecule has 0 fully saturated rings. The minimum atomic E-state index is 0.164. The lowest BCUT2D eigenvalue weighted by Gasteiger charge is -2.39. The van der Waals surface area contributed by atoms with E-state index in [2.05, 4.69) is 96.1 Å². The van der Waals surface area contributed by atoms with Crippen LogP contribution in [0.2, 0.25) is 0 Å². The van der Waals surface area contributed by atoms with Crippen molar-refractivity contribution in [3.8, 4) is 0 Å². The van der Waals surface area contributed by atoms with Crippen molar-refractivity contribution >= 4 is 40.1 Å². The summed E-state index contributed by atoms with van der Waals surface area (Å²) in [4.78, 5) is 8.97. The smallest absolute Gasteiger partial charge is 0.174 e. The van der Waals surface area contributed by atoms with Crippen LogP contribution in [0.5, 0.6) is 0 Å². The van der Waals surface area contributed by atoms with E-state index >= 15 is 0 Å². The molecule has 30 heavy (non-hydrogen) atoms. The van der Waals surface area contributed by atoms with E-state index in [0.29, 0.717) is 0 Å². The molecule has 0 N–H and O–H groups in total. The normalized spacial score (nSPS) is 19.6. The molecule has 0 aliphatic carbocycles. The van der Waals surface area contributed by atoms with Gasteiger partial charge in [0.05, 0.1) is 17.4 Å². The first-order valence-corrected chi connectivity index (χ1v) is 12.0. The predicted molar refractivity (Wildman–Crippen MR) is 129 cm³/mol. The predicted octanol–water partition coefficient (Wildman–Crippen LogP) is 6.97. The van der Waals surface area contributed by atoms with Gasteiger partial charge in [-0.25, -0.2) is 4.99 Å². The minimum Gasteiger partial charge on any atom is -0.308 e. The second-order valence-electron chi connectivity index (χ2n) is 7.72. The monoisotopic (exact) mass is 424 g/mol. The van der Waals surface area contributed by atoms with Crippen LogP contribution in [0.3, 0.4) is 0 Å². The number of nitrogens with zero attached hydrogens (tertiary/aromatic N) is 2. The highest BCUT2D eigenvalue weighted by Crippen LogP contribution is 2.52. The summed E-state index contributed by atoms with van der Waals surface area (Å²) in [6.07, 6.45) is 0. The van der Waals surface area contributed by atoms with Gasteiger partial charge in [-0.3, -0.25) is 0 Å². The largest absolute Gasteiger partial charge is 0.308 e. The molecular weight excluding hydrogens is 404 g/mol. The highest BCUT2D eigenvalue weighted by Gasteiger charge is 2.40. The van der Waals surface area contributed by atoms with Crippen molar-refractivity contribution in [2.24, 2.45) is 4.99 Å². The molecule has 0 amide bonds. The van der Waals surface area contributed by atoms with Gasteiger partial charge < -0.3 is 4.90 Å². The summed E-state index contributed by atoms with van der Waals surface area (Å²) in [7, 11) is 0. The van der Waals surface area contributed by atoms with E-state index in [1.54, 1.807) is 11.8 Å². The van der Waals surface area contributed by atoms with Gasteiger partial charge in [-0.05, 0) is 29.7 Å². The number of aliphatic imine (C=N–C) groups is 1. The van der Waals surface area contributed by atoms with E-state index in [1.807, 2.05) is 11.8 Å². The number of hydrogen-bond donors (Lipinski definition) is 0. The van der Waals surface area contributed by atoms with Crippen LogP contribution in [0.1, 0.15) is 28.3 Å². The zero-order valence-corrected chi connectivity index (χ0v) is 18.2. The van der Waals surface area contributed by atoms with E-state index in [1.165, 1.54) is 38.4 Å². The molecule has 0 aromatic heterocycles. The zero-order valence-electron chi connectivity index (χ0n) is 16.6. The Bertz CT molecular complexity index is 1220. The average Bonchev–Trinajstić information content (AvgIpc) is 3.22. The lowest BCUT2D eigenvalue weighted by atomic mass is 9.92. The van der Waals surface area contributed by atoms with Crippen molar-refractivity contribution in [1.29, 1.82) is 0 Å². The van der Waals surface area contributed by atoms with Crippen molar-refractivity contribution in [3.05, 3.63) is 112 Å².